The highest BCUT2D eigenvalue weighted by Crippen LogP contribution is 1.90. The molecule has 1 amide bonds. The van der Waals surface area contributed by atoms with Crippen molar-refractivity contribution in [2.24, 2.45) is 5.73 Å². The summed E-state index contributed by atoms with van der Waals surface area (Å²) in [5.74, 6) is -0.122. The van der Waals surface area contributed by atoms with Crippen LogP contribution in [-0.2, 0) is 16.0 Å². The molecule has 0 aliphatic rings. The predicted molar refractivity (Wildman–Crippen MR) is 55.2 cm³/mol. The fraction of sp³-hybridized carbons (Fsp3) is 0.556. The van der Waals surface area contributed by atoms with Gasteiger partial charge < -0.3 is 20.8 Å². The molecule has 0 aliphatic carbocycles. The molecule has 6 heteroatoms. The van der Waals surface area contributed by atoms with E-state index in [4.69, 9.17) is 10.5 Å². The fourth-order valence-corrected chi connectivity index (χ4v) is 1.06. The van der Waals surface area contributed by atoms with E-state index < -0.39 is 0 Å². The Hall–Kier alpha value is -1.40. The highest BCUT2D eigenvalue weighted by Gasteiger charge is 2.00. The summed E-state index contributed by atoms with van der Waals surface area (Å²) in [7, 11) is 0. The molecule has 1 aromatic rings. The molecule has 0 bridgehead atoms. The maximum Gasteiger partial charge on any atom is 0.246 e. The lowest BCUT2D eigenvalue weighted by molar-refractivity contribution is -0.125. The van der Waals surface area contributed by atoms with Gasteiger partial charge in [-0.2, -0.15) is 0 Å². The first-order valence-corrected chi connectivity index (χ1v) is 4.84. The first kappa shape index (κ1) is 11.7. The summed E-state index contributed by atoms with van der Waals surface area (Å²) in [5.41, 5.74) is 6.21. The number of carbonyl (C=O) groups excluding carboxylic acids is 1. The highest BCUT2D eigenvalue weighted by atomic mass is 16.5. The number of nitrogens with two attached hydrogens (primary N) is 1. The molecule has 0 fully saturated rings. The normalized spacial score (nSPS) is 10.2. The maximum atomic E-state index is 11.1. The van der Waals surface area contributed by atoms with Crippen molar-refractivity contribution in [3.05, 3.63) is 18.2 Å². The minimum Gasteiger partial charge on any atom is -0.370 e. The summed E-state index contributed by atoms with van der Waals surface area (Å²) in [6.45, 7) is 1.49. The van der Waals surface area contributed by atoms with Crippen LogP contribution in [0.25, 0.3) is 0 Å². The molecule has 0 spiro atoms. The third-order valence-electron chi connectivity index (χ3n) is 1.77. The van der Waals surface area contributed by atoms with Crippen molar-refractivity contribution in [2.45, 2.75) is 6.42 Å². The Labute approximate surface area is 88.2 Å². The zero-order chi connectivity index (χ0) is 10.9. The topological polar surface area (TPSA) is 93.0 Å². The van der Waals surface area contributed by atoms with E-state index in [1.165, 1.54) is 0 Å². The van der Waals surface area contributed by atoms with Gasteiger partial charge in [0.25, 0.3) is 0 Å². The molecule has 0 unspecified atom stereocenters. The number of hydrogen-bond acceptors (Lipinski definition) is 4. The molecular formula is C9H16N4O2. The van der Waals surface area contributed by atoms with Gasteiger partial charge in [0, 0.05) is 31.4 Å². The molecule has 15 heavy (non-hydrogen) atoms. The minimum absolute atomic E-state index is 0.0696. The van der Waals surface area contributed by atoms with E-state index in [1.54, 1.807) is 12.5 Å². The number of hydrogen-bond donors (Lipinski definition) is 3. The van der Waals surface area contributed by atoms with Crippen molar-refractivity contribution in [1.82, 2.24) is 15.3 Å². The first-order valence-electron chi connectivity index (χ1n) is 4.84. The lowest BCUT2D eigenvalue weighted by Crippen LogP contribution is -2.30. The molecule has 0 radical (unpaired) electrons. The monoisotopic (exact) mass is 212 g/mol. The number of H-pyrrole nitrogens is 1. The van der Waals surface area contributed by atoms with Crippen molar-refractivity contribution < 1.29 is 9.53 Å². The van der Waals surface area contributed by atoms with Crippen LogP contribution in [0.5, 0.6) is 0 Å². The average molecular weight is 212 g/mol. The molecule has 4 N–H and O–H groups in total. The Morgan fingerprint density at radius 1 is 1.67 bits per heavy atom. The van der Waals surface area contributed by atoms with Crippen LogP contribution in [0.2, 0.25) is 0 Å². The summed E-state index contributed by atoms with van der Waals surface area (Å²) in [6.07, 6.45) is 4.08. The number of aromatic amines is 1. The minimum atomic E-state index is -0.122. The zero-order valence-electron chi connectivity index (χ0n) is 8.53. The molecule has 0 saturated heterocycles. The van der Waals surface area contributed by atoms with Crippen molar-refractivity contribution in [3.8, 4) is 0 Å². The molecule has 0 aromatic carbocycles. The third kappa shape index (κ3) is 5.14. The highest BCUT2D eigenvalue weighted by molar-refractivity contribution is 5.77. The average Bonchev–Trinajstić information content (AvgIpc) is 2.71. The molecule has 0 atom stereocenters. The number of nitrogens with one attached hydrogen (secondary N) is 2. The van der Waals surface area contributed by atoms with E-state index in [0.29, 0.717) is 19.7 Å². The molecule has 1 rings (SSSR count). The second-order valence-electron chi connectivity index (χ2n) is 3.02. The summed E-state index contributed by atoms with van der Waals surface area (Å²) in [4.78, 5) is 18.0. The van der Waals surface area contributed by atoms with Crippen LogP contribution >= 0.6 is 0 Å². The van der Waals surface area contributed by atoms with Gasteiger partial charge in [-0.1, -0.05) is 0 Å². The molecule has 1 aromatic heterocycles. The molecular weight excluding hydrogens is 196 g/mol. The van der Waals surface area contributed by atoms with E-state index in [2.05, 4.69) is 15.3 Å². The van der Waals surface area contributed by atoms with Crippen molar-refractivity contribution in [3.63, 3.8) is 0 Å². The molecule has 6 nitrogen and oxygen atoms in total. The number of carbonyl (C=O) groups is 1. The second kappa shape index (κ2) is 6.97. The van der Waals surface area contributed by atoms with Crippen LogP contribution in [0.4, 0.5) is 0 Å². The van der Waals surface area contributed by atoms with Crippen LogP contribution in [-0.4, -0.2) is 42.2 Å². The Balaban J connectivity index is 2.02. The predicted octanol–water partition coefficient (Wildman–Crippen LogP) is -0.956. The van der Waals surface area contributed by atoms with E-state index in [0.717, 1.165) is 12.1 Å². The largest absolute Gasteiger partial charge is 0.370 e. The van der Waals surface area contributed by atoms with E-state index >= 15 is 0 Å². The van der Waals surface area contributed by atoms with Crippen LogP contribution in [0.15, 0.2) is 12.5 Å². The van der Waals surface area contributed by atoms with Crippen molar-refractivity contribution >= 4 is 5.91 Å². The van der Waals surface area contributed by atoms with Gasteiger partial charge in [-0.25, -0.2) is 4.98 Å². The maximum absolute atomic E-state index is 11.1. The van der Waals surface area contributed by atoms with Gasteiger partial charge in [-0.3, -0.25) is 4.79 Å². The number of ether oxygens (including phenoxy) is 1. The quantitative estimate of drug-likeness (QED) is 0.508. The number of imidazole rings is 1. The summed E-state index contributed by atoms with van der Waals surface area (Å²) < 4.78 is 4.98. The molecule has 0 saturated carbocycles. The number of rotatable bonds is 7. The fourth-order valence-electron chi connectivity index (χ4n) is 1.06. The van der Waals surface area contributed by atoms with Crippen LogP contribution < -0.4 is 11.1 Å². The molecule has 0 aliphatic heterocycles. The summed E-state index contributed by atoms with van der Waals surface area (Å²) in [5, 5.41) is 2.73. The standard InChI is InChI=1S/C9H16N4O2/c10-2-4-15-6-9(14)12-3-1-8-5-11-7-13-8/h5,7H,1-4,6,10H2,(H,11,13)(H,12,14). The third-order valence-corrected chi connectivity index (χ3v) is 1.77. The van der Waals surface area contributed by atoms with Gasteiger partial charge in [0.1, 0.15) is 6.61 Å². The number of nitrogens with zero attached hydrogens (tertiary/aromatic N) is 1. The molecule has 84 valence electrons. The Bertz CT molecular complexity index is 274. The smallest absolute Gasteiger partial charge is 0.246 e. The van der Waals surface area contributed by atoms with E-state index in [1.807, 2.05) is 0 Å². The Morgan fingerprint density at radius 3 is 3.20 bits per heavy atom. The van der Waals surface area contributed by atoms with Gasteiger partial charge >= 0.3 is 0 Å². The Morgan fingerprint density at radius 2 is 2.53 bits per heavy atom. The zero-order valence-corrected chi connectivity index (χ0v) is 8.53. The first-order chi connectivity index (χ1) is 7.33. The van der Waals surface area contributed by atoms with E-state index in [-0.39, 0.29) is 12.5 Å². The molecule has 1 heterocycles. The van der Waals surface area contributed by atoms with Crippen LogP contribution in [0.1, 0.15) is 5.69 Å². The van der Waals surface area contributed by atoms with Crippen molar-refractivity contribution in [1.29, 1.82) is 0 Å². The lowest BCUT2D eigenvalue weighted by Gasteiger charge is -2.04. The lowest BCUT2D eigenvalue weighted by atomic mass is 10.3. The number of aromatic nitrogens is 2. The van der Waals surface area contributed by atoms with Crippen LogP contribution in [0.3, 0.4) is 0 Å². The van der Waals surface area contributed by atoms with Crippen molar-refractivity contribution in [2.75, 3.05) is 26.3 Å². The van der Waals surface area contributed by atoms with Gasteiger partial charge in [0.05, 0.1) is 12.9 Å². The van der Waals surface area contributed by atoms with Gasteiger partial charge in [0.2, 0.25) is 5.91 Å². The summed E-state index contributed by atoms with van der Waals surface area (Å²) >= 11 is 0. The van der Waals surface area contributed by atoms with Gasteiger partial charge in [0.15, 0.2) is 0 Å². The second-order valence-corrected chi connectivity index (χ2v) is 3.02. The summed E-state index contributed by atoms with van der Waals surface area (Å²) in [6, 6.07) is 0. The van der Waals surface area contributed by atoms with Gasteiger partial charge in [-0.15, -0.1) is 0 Å². The number of amides is 1. The van der Waals surface area contributed by atoms with E-state index in [9.17, 15) is 4.79 Å². The van der Waals surface area contributed by atoms with Crippen LogP contribution in [0, 0.1) is 0 Å². The Kier molecular flexibility index (Phi) is 5.42. The van der Waals surface area contributed by atoms with Gasteiger partial charge in [-0.05, 0) is 0 Å². The SMILES string of the molecule is NCCOCC(=O)NCCc1cnc[nH]1.